The first-order valence-corrected chi connectivity index (χ1v) is 5.76. The van der Waals surface area contributed by atoms with Gasteiger partial charge in [0.2, 0.25) is 0 Å². The second kappa shape index (κ2) is 5.35. The van der Waals surface area contributed by atoms with Crippen LogP contribution in [0.3, 0.4) is 0 Å². The molecule has 0 aromatic heterocycles. The van der Waals surface area contributed by atoms with E-state index in [0.717, 1.165) is 26.2 Å². The van der Waals surface area contributed by atoms with E-state index >= 15 is 0 Å². The van der Waals surface area contributed by atoms with Crippen LogP contribution in [-0.2, 0) is 0 Å². The molecule has 15 heavy (non-hydrogen) atoms. The molecule has 1 aliphatic heterocycles. The predicted molar refractivity (Wildman–Crippen MR) is 61.9 cm³/mol. The van der Waals surface area contributed by atoms with Crippen molar-refractivity contribution in [2.24, 2.45) is 5.92 Å². The number of nitrogens with one attached hydrogen (secondary N) is 1. The minimum atomic E-state index is 0.202. The van der Waals surface area contributed by atoms with Crippen LogP contribution in [0.5, 0.6) is 0 Å². The molecular weight excluding hydrogens is 190 g/mol. The Morgan fingerprint density at radius 2 is 2.00 bits per heavy atom. The number of carbonyl (C=O) groups excluding carboxylic acids is 1. The number of hydrogen-bond acceptors (Lipinski definition) is 2. The van der Waals surface area contributed by atoms with Crippen LogP contribution in [0.25, 0.3) is 0 Å². The molecule has 4 heteroatoms. The zero-order valence-electron chi connectivity index (χ0n) is 10.3. The summed E-state index contributed by atoms with van der Waals surface area (Å²) in [5, 5.41) is 3.14. The van der Waals surface area contributed by atoms with Crippen LogP contribution >= 0.6 is 0 Å². The average Bonchev–Trinajstić information content (AvgIpc) is 2.48. The van der Waals surface area contributed by atoms with Crippen LogP contribution in [0.1, 0.15) is 20.8 Å². The Balaban J connectivity index is 2.42. The van der Waals surface area contributed by atoms with Crippen LogP contribution in [0.2, 0.25) is 0 Å². The van der Waals surface area contributed by atoms with Crippen LogP contribution in [0.4, 0.5) is 4.79 Å². The Morgan fingerprint density at radius 1 is 1.33 bits per heavy atom. The van der Waals surface area contributed by atoms with Gasteiger partial charge in [-0.15, -0.1) is 0 Å². The van der Waals surface area contributed by atoms with E-state index in [-0.39, 0.29) is 6.03 Å². The summed E-state index contributed by atoms with van der Waals surface area (Å²) >= 11 is 0. The molecule has 0 spiro atoms. The number of carbonyl (C=O) groups is 1. The Labute approximate surface area is 92.6 Å². The van der Waals surface area contributed by atoms with Crippen molar-refractivity contribution >= 4 is 6.03 Å². The first-order valence-electron chi connectivity index (χ1n) is 5.76. The van der Waals surface area contributed by atoms with Crippen molar-refractivity contribution in [3.8, 4) is 0 Å². The van der Waals surface area contributed by atoms with Gasteiger partial charge in [-0.05, 0) is 33.4 Å². The number of amides is 2. The van der Waals surface area contributed by atoms with E-state index < -0.39 is 0 Å². The first-order chi connectivity index (χ1) is 7.06. The molecule has 1 atom stereocenters. The van der Waals surface area contributed by atoms with Gasteiger partial charge in [0.05, 0.1) is 0 Å². The van der Waals surface area contributed by atoms with E-state index in [1.54, 1.807) is 0 Å². The molecule has 1 fully saturated rings. The van der Waals surface area contributed by atoms with Gasteiger partial charge in [0.1, 0.15) is 0 Å². The Hall–Kier alpha value is -0.770. The second-order valence-electron chi connectivity index (χ2n) is 4.68. The Bertz CT molecular complexity index is 218. The molecule has 0 radical (unpaired) electrons. The highest BCUT2D eigenvalue weighted by molar-refractivity contribution is 5.76. The van der Waals surface area contributed by atoms with Crippen molar-refractivity contribution < 1.29 is 4.79 Å². The van der Waals surface area contributed by atoms with Crippen molar-refractivity contribution in [1.29, 1.82) is 0 Å². The summed E-state index contributed by atoms with van der Waals surface area (Å²) < 4.78 is 0. The summed E-state index contributed by atoms with van der Waals surface area (Å²) in [7, 11) is 1.95. The van der Waals surface area contributed by atoms with Crippen molar-refractivity contribution in [3.63, 3.8) is 0 Å². The minimum Gasteiger partial charge on any atom is -0.323 e. The molecule has 1 N–H and O–H groups in total. The molecule has 0 aromatic rings. The number of nitrogens with zero attached hydrogens (tertiary/aromatic N) is 2. The summed E-state index contributed by atoms with van der Waals surface area (Å²) in [6.07, 6.45) is 0. The number of hydrogen-bond donors (Lipinski definition) is 1. The van der Waals surface area contributed by atoms with E-state index in [0.29, 0.717) is 12.0 Å². The van der Waals surface area contributed by atoms with Crippen molar-refractivity contribution in [2.75, 3.05) is 33.2 Å². The standard InChI is InChI=1S/C11H23N3O/c1-9(2)14-6-5-13(11(14)15)8-10(3)7-12-4/h9-10,12H,5-8H2,1-4H3. The fourth-order valence-corrected chi connectivity index (χ4v) is 2.04. The minimum absolute atomic E-state index is 0.202. The lowest BCUT2D eigenvalue weighted by molar-refractivity contribution is 0.178. The maximum atomic E-state index is 11.9. The van der Waals surface area contributed by atoms with E-state index in [4.69, 9.17) is 0 Å². The van der Waals surface area contributed by atoms with Crippen LogP contribution < -0.4 is 5.32 Å². The molecule has 88 valence electrons. The second-order valence-corrected chi connectivity index (χ2v) is 4.68. The monoisotopic (exact) mass is 213 g/mol. The highest BCUT2D eigenvalue weighted by atomic mass is 16.2. The van der Waals surface area contributed by atoms with Gasteiger partial charge in [-0.2, -0.15) is 0 Å². The lowest BCUT2D eigenvalue weighted by Gasteiger charge is -2.23. The molecule has 1 rings (SSSR count). The SMILES string of the molecule is CNCC(C)CN1CCN(C(C)C)C1=O. The maximum absolute atomic E-state index is 11.9. The molecule has 0 saturated carbocycles. The molecule has 0 aromatic carbocycles. The van der Waals surface area contributed by atoms with Gasteiger partial charge in [-0.3, -0.25) is 0 Å². The van der Waals surface area contributed by atoms with Gasteiger partial charge in [0, 0.05) is 25.7 Å². The third-order valence-electron chi connectivity index (χ3n) is 2.84. The molecule has 1 heterocycles. The van der Waals surface area contributed by atoms with E-state index in [1.807, 2.05) is 16.8 Å². The van der Waals surface area contributed by atoms with Crippen molar-refractivity contribution in [2.45, 2.75) is 26.8 Å². The van der Waals surface area contributed by atoms with Gasteiger partial charge in [0.15, 0.2) is 0 Å². The average molecular weight is 213 g/mol. The van der Waals surface area contributed by atoms with Gasteiger partial charge < -0.3 is 15.1 Å². The smallest absolute Gasteiger partial charge is 0.320 e. The topological polar surface area (TPSA) is 35.6 Å². The zero-order valence-corrected chi connectivity index (χ0v) is 10.3. The van der Waals surface area contributed by atoms with Crippen LogP contribution in [-0.4, -0.2) is 55.1 Å². The van der Waals surface area contributed by atoms with Gasteiger partial charge in [-0.25, -0.2) is 4.79 Å². The molecule has 0 bridgehead atoms. The third-order valence-corrected chi connectivity index (χ3v) is 2.84. The molecule has 1 aliphatic rings. The van der Waals surface area contributed by atoms with Crippen molar-refractivity contribution in [1.82, 2.24) is 15.1 Å². The van der Waals surface area contributed by atoms with Gasteiger partial charge >= 0.3 is 6.03 Å². The normalized spacial score (nSPS) is 19.1. The molecular formula is C11H23N3O. The number of rotatable bonds is 5. The quantitative estimate of drug-likeness (QED) is 0.739. The molecule has 1 unspecified atom stereocenters. The van der Waals surface area contributed by atoms with E-state index in [9.17, 15) is 4.79 Å². The highest BCUT2D eigenvalue weighted by Gasteiger charge is 2.30. The lowest BCUT2D eigenvalue weighted by atomic mass is 10.2. The van der Waals surface area contributed by atoms with Gasteiger partial charge in [-0.1, -0.05) is 6.92 Å². The highest BCUT2D eigenvalue weighted by Crippen LogP contribution is 2.13. The maximum Gasteiger partial charge on any atom is 0.320 e. The Kier molecular flexibility index (Phi) is 4.39. The fourth-order valence-electron chi connectivity index (χ4n) is 2.04. The third kappa shape index (κ3) is 3.09. The molecule has 2 amide bonds. The Morgan fingerprint density at radius 3 is 2.47 bits per heavy atom. The summed E-state index contributed by atoms with van der Waals surface area (Å²) in [4.78, 5) is 15.8. The molecule has 0 aliphatic carbocycles. The summed E-state index contributed by atoms with van der Waals surface area (Å²) in [6, 6.07) is 0.523. The summed E-state index contributed by atoms with van der Waals surface area (Å²) in [5.74, 6) is 0.520. The van der Waals surface area contributed by atoms with E-state index in [2.05, 4.69) is 26.1 Å². The zero-order chi connectivity index (χ0) is 11.4. The van der Waals surface area contributed by atoms with Gasteiger partial charge in [0.25, 0.3) is 0 Å². The molecule has 4 nitrogen and oxygen atoms in total. The van der Waals surface area contributed by atoms with Crippen LogP contribution in [0, 0.1) is 5.92 Å². The van der Waals surface area contributed by atoms with E-state index in [1.165, 1.54) is 0 Å². The predicted octanol–water partition coefficient (Wildman–Crippen LogP) is 0.988. The number of urea groups is 1. The molecule has 1 saturated heterocycles. The summed E-state index contributed by atoms with van der Waals surface area (Å²) in [6.45, 7) is 9.89. The van der Waals surface area contributed by atoms with Crippen molar-refractivity contribution in [3.05, 3.63) is 0 Å². The summed E-state index contributed by atoms with van der Waals surface area (Å²) in [5.41, 5.74) is 0. The van der Waals surface area contributed by atoms with Crippen LogP contribution in [0.15, 0.2) is 0 Å². The largest absolute Gasteiger partial charge is 0.323 e. The lowest BCUT2D eigenvalue weighted by Crippen LogP contribution is -2.39. The first kappa shape index (κ1) is 12.3. The fraction of sp³-hybridized carbons (Fsp3) is 0.909.